The van der Waals surface area contributed by atoms with Crippen LogP contribution in [0, 0.1) is 11.8 Å². The number of hydrogen-bond acceptors (Lipinski definition) is 3. The Morgan fingerprint density at radius 2 is 1.61 bits per heavy atom. The maximum atomic E-state index is 12.3. The van der Waals surface area contributed by atoms with E-state index in [1.165, 1.54) is 0 Å². The molecule has 0 bridgehead atoms. The van der Waals surface area contributed by atoms with E-state index in [4.69, 9.17) is 5.11 Å². The Morgan fingerprint density at radius 3 is 2.17 bits per heavy atom. The number of amides is 1. The number of likely N-dealkylation sites (tertiary alicyclic amines) is 1. The van der Waals surface area contributed by atoms with Crippen molar-refractivity contribution in [2.45, 2.75) is 31.8 Å². The SMILES string of the molecule is O=C(O)[C@H]1CC=CC[C@H]1C(=O)N1CCC(O)CC1. The molecule has 1 fully saturated rings. The quantitative estimate of drug-likeness (QED) is 0.708. The van der Waals surface area contributed by atoms with Crippen LogP contribution >= 0.6 is 0 Å². The summed E-state index contributed by atoms with van der Waals surface area (Å²) in [6, 6.07) is 0. The number of allylic oxidation sites excluding steroid dienone is 2. The molecule has 0 aromatic rings. The average molecular weight is 253 g/mol. The van der Waals surface area contributed by atoms with Gasteiger partial charge in [-0.3, -0.25) is 9.59 Å². The van der Waals surface area contributed by atoms with E-state index in [2.05, 4.69) is 0 Å². The van der Waals surface area contributed by atoms with Crippen LogP contribution in [0.3, 0.4) is 0 Å². The van der Waals surface area contributed by atoms with Gasteiger partial charge in [-0.15, -0.1) is 0 Å². The second-order valence-corrected chi connectivity index (χ2v) is 5.05. The molecular weight excluding hydrogens is 234 g/mol. The van der Waals surface area contributed by atoms with E-state index in [-0.39, 0.29) is 12.0 Å². The van der Waals surface area contributed by atoms with Gasteiger partial charge in [0.2, 0.25) is 5.91 Å². The van der Waals surface area contributed by atoms with Gasteiger partial charge in [0.15, 0.2) is 0 Å². The number of nitrogens with zero attached hydrogens (tertiary/aromatic N) is 1. The highest BCUT2D eigenvalue weighted by Gasteiger charge is 2.37. The highest BCUT2D eigenvalue weighted by Crippen LogP contribution is 2.28. The third-order valence-corrected chi connectivity index (χ3v) is 3.84. The van der Waals surface area contributed by atoms with Crippen molar-refractivity contribution in [3.63, 3.8) is 0 Å². The fraction of sp³-hybridized carbons (Fsp3) is 0.692. The lowest BCUT2D eigenvalue weighted by molar-refractivity contribution is -0.151. The fourth-order valence-electron chi connectivity index (χ4n) is 2.68. The van der Waals surface area contributed by atoms with E-state index in [0.29, 0.717) is 38.8 Å². The Morgan fingerprint density at radius 1 is 1.06 bits per heavy atom. The Hall–Kier alpha value is -1.36. The molecule has 0 unspecified atom stereocenters. The van der Waals surface area contributed by atoms with Crippen molar-refractivity contribution in [1.29, 1.82) is 0 Å². The molecule has 0 aromatic heterocycles. The van der Waals surface area contributed by atoms with Crippen molar-refractivity contribution < 1.29 is 19.8 Å². The largest absolute Gasteiger partial charge is 0.481 e. The minimum Gasteiger partial charge on any atom is -0.481 e. The molecule has 18 heavy (non-hydrogen) atoms. The number of aliphatic carboxylic acids is 1. The molecule has 2 atom stereocenters. The van der Waals surface area contributed by atoms with Gasteiger partial charge in [-0.25, -0.2) is 0 Å². The second kappa shape index (κ2) is 5.52. The summed E-state index contributed by atoms with van der Waals surface area (Å²) in [4.78, 5) is 25.2. The number of aliphatic hydroxyl groups excluding tert-OH is 1. The highest BCUT2D eigenvalue weighted by atomic mass is 16.4. The first-order valence-electron chi connectivity index (χ1n) is 6.44. The minimum atomic E-state index is -0.894. The fourth-order valence-corrected chi connectivity index (χ4v) is 2.68. The van der Waals surface area contributed by atoms with Crippen LogP contribution in [-0.4, -0.2) is 46.2 Å². The van der Waals surface area contributed by atoms with Gasteiger partial charge in [-0.1, -0.05) is 12.2 Å². The highest BCUT2D eigenvalue weighted by molar-refractivity contribution is 5.85. The molecule has 5 heteroatoms. The topological polar surface area (TPSA) is 77.8 Å². The monoisotopic (exact) mass is 253 g/mol. The lowest BCUT2D eigenvalue weighted by atomic mass is 9.82. The molecular formula is C13H19NO4. The van der Waals surface area contributed by atoms with E-state index >= 15 is 0 Å². The van der Waals surface area contributed by atoms with Crippen LogP contribution in [0.4, 0.5) is 0 Å². The molecule has 0 aromatic carbocycles. The van der Waals surface area contributed by atoms with Crippen LogP contribution in [0.5, 0.6) is 0 Å². The van der Waals surface area contributed by atoms with Crippen LogP contribution in [0.1, 0.15) is 25.7 Å². The van der Waals surface area contributed by atoms with E-state index < -0.39 is 17.8 Å². The lowest BCUT2D eigenvalue weighted by Gasteiger charge is -2.34. The Labute approximate surface area is 106 Å². The van der Waals surface area contributed by atoms with E-state index in [1.807, 2.05) is 12.2 Å². The molecule has 2 aliphatic rings. The third-order valence-electron chi connectivity index (χ3n) is 3.84. The maximum absolute atomic E-state index is 12.3. The predicted molar refractivity (Wildman–Crippen MR) is 64.8 cm³/mol. The molecule has 5 nitrogen and oxygen atoms in total. The molecule has 0 radical (unpaired) electrons. The van der Waals surface area contributed by atoms with Gasteiger partial charge in [0.05, 0.1) is 17.9 Å². The van der Waals surface area contributed by atoms with E-state index in [9.17, 15) is 14.7 Å². The second-order valence-electron chi connectivity index (χ2n) is 5.05. The van der Waals surface area contributed by atoms with Crippen molar-refractivity contribution in [2.24, 2.45) is 11.8 Å². The molecule has 2 N–H and O–H groups in total. The Bertz CT molecular complexity index is 358. The van der Waals surface area contributed by atoms with Gasteiger partial charge >= 0.3 is 5.97 Å². The zero-order valence-electron chi connectivity index (χ0n) is 10.3. The summed E-state index contributed by atoms with van der Waals surface area (Å²) in [5.74, 6) is -2.01. The molecule has 1 amide bonds. The van der Waals surface area contributed by atoms with Crippen molar-refractivity contribution in [1.82, 2.24) is 4.90 Å². The van der Waals surface area contributed by atoms with Gasteiger partial charge in [0.1, 0.15) is 0 Å². The van der Waals surface area contributed by atoms with Gasteiger partial charge < -0.3 is 15.1 Å². The summed E-state index contributed by atoms with van der Waals surface area (Å²) >= 11 is 0. The number of rotatable bonds is 2. The Kier molecular flexibility index (Phi) is 4.01. The summed E-state index contributed by atoms with van der Waals surface area (Å²) in [5.41, 5.74) is 0. The summed E-state index contributed by atoms with van der Waals surface area (Å²) in [6.07, 6.45) is 5.52. The van der Waals surface area contributed by atoms with Gasteiger partial charge in [-0.05, 0) is 25.7 Å². The molecule has 2 rings (SSSR count). The van der Waals surface area contributed by atoms with Crippen molar-refractivity contribution in [2.75, 3.05) is 13.1 Å². The third kappa shape index (κ3) is 2.72. The number of carboxylic acids is 1. The number of carbonyl (C=O) groups excluding carboxylic acids is 1. The molecule has 1 aliphatic carbocycles. The van der Waals surface area contributed by atoms with Gasteiger partial charge in [0.25, 0.3) is 0 Å². The first kappa shape index (κ1) is 13.1. The summed E-state index contributed by atoms with van der Waals surface area (Å²) in [5, 5.41) is 18.6. The van der Waals surface area contributed by atoms with Crippen LogP contribution < -0.4 is 0 Å². The van der Waals surface area contributed by atoms with Crippen LogP contribution in [-0.2, 0) is 9.59 Å². The van der Waals surface area contributed by atoms with Crippen LogP contribution in [0.15, 0.2) is 12.2 Å². The van der Waals surface area contributed by atoms with Crippen LogP contribution in [0.25, 0.3) is 0 Å². The lowest BCUT2D eigenvalue weighted by Crippen LogP contribution is -2.46. The molecule has 100 valence electrons. The molecule has 1 aliphatic heterocycles. The number of carboxylic acid groups (broad SMARTS) is 1. The minimum absolute atomic E-state index is 0.0707. The molecule has 0 spiro atoms. The maximum Gasteiger partial charge on any atom is 0.307 e. The van der Waals surface area contributed by atoms with Crippen molar-refractivity contribution >= 4 is 11.9 Å². The number of aliphatic hydroxyl groups is 1. The standard InChI is InChI=1S/C13H19NO4/c15-9-5-7-14(8-6-9)12(16)10-3-1-2-4-11(10)13(17)18/h1-2,9-11,15H,3-8H2,(H,17,18)/t10-,11+/m1/s1. The number of piperidine rings is 1. The van der Waals surface area contributed by atoms with Crippen molar-refractivity contribution in [3.8, 4) is 0 Å². The normalized spacial score (nSPS) is 29.3. The molecule has 1 heterocycles. The first-order chi connectivity index (χ1) is 8.59. The first-order valence-corrected chi connectivity index (χ1v) is 6.44. The average Bonchev–Trinajstić information content (AvgIpc) is 2.39. The van der Waals surface area contributed by atoms with Gasteiger partial charge in [0, 0.05) is 13.1 Å². The van der Waals surface area contributed by atoms with E-state index in [1.54, 1.807) is 4.90 Å². The van der Waals surface area contributed by atoms with Crippen molar-refractivity contribution in [3.05, 3.63) is 12.2 Å². The zero-order valence-corrected chi connectivity index (χ0v) is 10.3. The number of carbonyl (C=O) groups is 2. The Balaban J connectivity index is 2.03. The summed E-state index contributed by atoms with van der Waals surface area (Å²) in [7, 11) is 0. The van der Waals surface area contributed by atoms with E-state index in [0.717, 1.165) is 0 Å². The number of hydrogen-bond donors (Lipinski definition) is 2. The smallest absolute Gasteiger partial charge is 0.307 e. The summed E-state index contributed by atoms with van der Waals surface area (Å²) < 4.78 is 0. The summed E-state index contributed by atoms with van der Waals surface area (Å²) in [6.45, 7) is 1.07. The molecule has 1 saturated heterocycles. The zero-order chi connectivity index (χ0) is 13.1. The van der Waals surface area contributed by atoms with Gasteiger partial charge in [-0.2, -0.15) is 0 Å². The van der Waals surface area contributed by atoms with Crippen LogP contribution in [0.2, 0.25) is 0 Å². The predicted octanol–water partition coefficient (Wildman–Crippen LogP) is 0.637. The molecule has 0 saturated carbocycles.